The Balaban J connectivity index is 1.39. The van der Waals surface area contributed by atoms with E-state index < -0.39 is 5.97 Å². The van der Waals surface area contributed by atoms with E-state index in [0.29, 0.717) is 24.1 Å². The van der Waals surface area contributed by atoms with E-state index >= 15 is 0 Å². The Bertz CT molecular complexity index is 920. The fourth-order valence-electron chi connectivity index (χ4n) is 5.18. The highest BCUT2D eigenvalue weighted by Crippen LogP contribution is 2.30. The van der Waals surface area contributed by atoms with Gasteiger partial charge in [-0.1, -0.05) is 41.9 Å². The lowest BCUT2D eigenvalue weighted by molar-refractivity contribution is -0.137. The quantitative estimate of drug-likeness (QED) is 0.666. The molecule has 0 spiro atoms. The molecule has 7 heteroatoms. The van der Waals surface area contributed by atoms with Gasteiger partial charge in [0.25, 0.3) is 0 Å². The van der Waals surface area contributed by atoms with Crippen LogP contribution < -0.4 is 4.90 Å². The van der Waals surface area contributed by atoms with Gasteiger partial charge in [0, 0.05) is 56.8 Å². The molecular weight excluding hydrogens is 429 g/mol. The maximum absolute atomic E-state index is 14.2. The smallest absolute Gasteiger partial charge is 0.303 e. The lowest BCUT2D eigenvalue weighted by Gasteiger charge is -2.47. The summed E-state index contributed by atoms with van der Waals surface area (Å²) < 4.78 is 14.2. The van der Waals surface area contributed by atoms with Gasteiger partial charge in [0.15, 0.2) is 0 Å². The molecule has 5 nitrogen and oxygen atoms in total. The molecule has 2 aromatic rings. The van der Waals surface area contributed by atoms with Gasteiger partial charge in [-0.2, -0.15) is 0 Å². The number of piperazine rings is 1. The van der Waals surface area contributed by atoms with E-state index in [-0.39, 0.29) is 12.2 Å². The van der Waals surface area contributed by atoms with Crippen LogP contribution in [-0.4, -0.2) is 66.2 Å². The van der Waals surface area contributed by atoms with Crippen LogP contribution in [0.25, 0.3) is 0 Å². The zero-order chi connectivity index (χ0) is 22.5. The average molecular weight is 460 g/mol. The van der Waals surface area contributed by atoms with Crippen molar-refractivity contribution in [3.63, 3.8) is 0 Å². The minimum atomic E-state index is -0.739. The van der Waals surface area contributed by atoms with E-state index in [1.807, 2.05) is 30.3 Å². The van der Waals surface area contributed by atoms with Gasteiger partial charge in [0.1, 0.15) is 5.82 Å². The van der Waals surface area contributed by atoms with Crippen molar-refractivity contribution in [3.8, 4) is 0 Å². The van der Waals surface area contributed by atoms with Gasteiger partial charge in [-0.3, -0.25) is 14.6 Å². The molecule has 0 unspecified atom stereocenters. The number of likely N-dealkylation sites (tertiary alicyclic amines) is 1. The predicted octanol–water partition coefficient (Wildman–Crippen LogP) is 4.36. The lowest BCUT2D eigenvalue weighted by atomic mass is 9.86. The molecule has 0 radical (unpaired) electrons. The average Bonchev–Trinajstić information content (AvgIpc) is 2.80. The maximum Gasteiger partial charge on any atom is 0.303 e. The highest BCUT2D eigenvalue weighted by Gasteiger charge is 2.35. The molecule has 0 aliphatic carbocycles. The molecule has 2 aliphatic rings. The number of para-hydroxylation sites is 1. The number of benzene rings is 2. The topological polar surface area (TPSA) is 47.0 Å². The van der Waals surface area contributed by atoms with Crippen LogP contribution in [0.4, 0.5) is 10.1 Å². The number of carboxylic acid groups (broad SMARTS) is 1. The SMILES string of the molecule is O=C(O)CC[C@@H]1CN(Cc2ccccc2Cl)CC[C@@H]1N1CCN(c2ccccc2F)CC1. The molecule has 172 valence electrons. The normalized spacial score (nSPS) is 22.8. The summed E-state index contributed by atoms with van der Waals surface area (Å²) in [6.45, 7) is 5.93. The Hall–Kier alpha value is -2.15. The van der Waals surface area contributed by atoms with Crippen LogP contribution in [0.2, 0.25) is 5.02 Å². The summed E-state index contributed by atoms with van der Waals surface area (Å²) in [4.78, 5) is 18.3. The number of aliphatic carboxylic acids is 1. The summed E-state index contributed by atoms with van der Waals surface area (Å²) in [5.74, 6) is -0.619. The van der Waals surface area contributed by atoms with Gasteiger partial charge in [-0.05, 0) is 49.1 Å². The van der Waals surface area contributed by atoms with E-state index in [9.17, 15) is 14.3 Å². The fourth-order valence-corrected chi connectivity index (χ4v) is 5.38. The largest absolute Gasteiger partial charge is 0.481 e. The number of halogens is 2. The van der Waals surface area contributed by atoms with Gasteiger partial charge >= 0.3 is 5.97 Å². The molecule has 32 heavy (non-hydrogen) atoms. The standard InChI is InChI=1S/C25H31ClFN3O2/c26-21-6-2-1-5-19(21)17-28-12-11-23(20(18-28)9-10-25(31)32)29-13-15-30(16-14-29)24-8-4-3-7-22(24)27/h1-8,20,23H,9-18H2,(H,31,32)/t20-,23+/m1/s1. The summed E-state index contributed by atoms with van der Waals surface area (Å²) in [6.07, 6.45) is 1.87. The summed E-state index contributed by atoms with van der Waals surface area (Å²) in [5, 5.41) is 10.1. The number of hydrogen-bond donors (Lipinski definition) is 1. The molecule has 1 N–H and O–H groups in total. The van der Waals surface area contributed by atoms with Crippen molar-refractivity contribution in [1.29, 1.82) is 0 Å². The first kappa shape index (κ1) is 23.0. The second-order valence-electron chi connectivity index (χ2n) is 8.85. The molecule has 2 heterocycles. The van der Waals surface area contributed by atoms with Crippen LogP contribution in [0.1, 0.15) is 24.8 Å². The summed E-state index contributed by atoms with van der Waals surface area (Å²) in [5.41, 5.74) is 1.78. The Labute approximate surface area is 194 Å². The van der Waals surface area contributed by atoms with Crippen molar-refractivity contribution in [2.45, 2.75) is 31.8 Å². The second kappa shape index (κ2) is 10.6. The highest BCUT2D eigenvalue weighted by atomic mass is 35.5. The number of carbonyl (C=O) groups is 1. The summed E-state index contributed by atoms with van der Waals surface area (Å²) in [7, 11) is 0. The third kappa shape index (κ3) is 5.61. The zero-order valence-corrected chi connectivity index (χ0v) is 19.1. The fraction of sp³-hybridized carbons (Fsp3) is 0.480. The van der Waals surface area contributed by atoms with Crippen molar-refractivity contribution < 1.29 is 14.3 Å². The second-order valence-corrected chi connectivity index (χ2v) is 9.26. The maximum atomic E-state index is 14.2. The Morgan fingerprint density at radius 1 is 1.03 bits per heavy atom. The molecule has 2 atom stereocenters. The Morgan fingerprint density at radius 3 is 2.47 bits per heavy atom. The first-order valence-corrected chi connectivity index (χ1v) is 11.8. The number of carboxylic acids is 1. The number of rotatable bonds is 7. The van der Waals surface area contributed by atoms with Crippen LogP contribution in [0.3, 0.4) is 0 Å². The molecule has 4 rings (SSSR count). The third-order valence-corrected chi connectivity index (χ3v) is 7.20. The summed E-state index contributed by atoms with van der Waals surface area (Å²) in [6, 6.07) is 15.2. The molecule has 0 saturated carbocycles. The Morgan fingerprint density at radius 2 is 1.75 bits per heavy atom. The molecule has 0 aromatic heterocycles. The first-order chi connectivity index (χ1) is 15.5. The van der Waals surface area contributed by atoms with E-state index in [1.165, 1.54) is 6.07 Å². The Kier molecular flexibility index (Phi) is 7.66. The van der Waals surface area contributed by atoms with E-state index in [0.717, 1.165) is 62.8 Å². The van der Waals surface area contributed by atoms with E-state index in [1.54, 1.807) is 6.07 Å². The third-order valence-electron chi connectivity index (χ3n) is 6.84. The first-order valence-electron chi connectivity index (χ1n) is 11.4. The van der Waals surface area contributed by atoms with Gasteiger partial charge < -0.3 is 10.0 Å². The minimum absolute atomic E-state index is 0.173. The number of anilines is 1. The van der Waals surface area contributed by atoms with E-state index in [2.05, 4.69) is 20.8 Å². The molecule has 2 saturated heterocycles. The van der Waals surface area contributed by atoms with Crippen molar-refractivity contribution in [3.05, 3.63) is 64.9 Å². The van der Waals surface area contributed by atoms with Gasteiger partial charge in [-0.15, -0.1) is 0 Å². The van der Waals surface area contributed by atoms with Crippen molar-refractivity contribution in [2.24, 2.45) is 5.92 Å². The van der Waals surface area contributed by atoms with Crippen molar-refractivity contribution >= 4 is 23.3 Å². The molecule has 0 amide bonds. The van der Waals surface area contributed by atoms with Crippen LogP contribution in [0.15, 0.2) is 48.5 Å². The van der Waals surface area contributed by atoms with Crippen LogP contribution >= 0.6 is 11.6 Å². The van der Waals surface area contributed by atoms with Crippen LogP contribution in [0.5, 0.6) is 0 Å². The van der Waals surface area contributed by atoms with Gasteiger partial charge in [0.2, 0.25) is 0 Å². The monoisotopic (exact) mass is 459 g/mol. The van der Waals surface area contributed by atoms with Gasteiger partial charge in [-0.25, -0.2) is 4.39 Å². The number of nitrogens with zero attached hydrogens (tertiary/aromatic N) is 3. The molecule has 0 bridgehead atoms. The van der Waals surface area contributed by atoms with Crippen molar-refractivity contribution in [1.82, 2.24) is 9.80 Å². The van der Waals surface area contributed by atoms with Crippen LogP contribution in [-0.2, 0) is 11.3 Å². The number of piperidine rings is 1. The van der Waals surface area contributed by atoms with Gasteiger partial charge in [0.05, 0.1) is 5.69 Å². The molecule has 2 fully saturated rings. The number of hydrogen-bond acceptors (Lipinski definition) is 4. The predicted molar refractivity (Wildman–Crippen MR) is 126 cm³/mol. The zero-order valence-electron chi connectivity index (χ0n) is 18.3. The van der Waals surface area contributed by atoms with E-state index in [4.69, 9.17) is 11.6 Å². The highest BCUT2D eigenvalue weighted by molar-refractivity contribution is 6.31. The minimum Gasteiger partial charge on any atom is -0.481 e. The molecule has 2 aromatic carbocycles. The lowest BCUT2D eigenvalue weighted by Crippen LogP contribution is -2.56. The van der Waals surface area contributed by atoms with Crippen LogP contribution in [0, 0.1) is 11.7 Å². The molecule has 2 aliphatic heterocycles. The van der Waals surface area contributed by atoms with Crippen molar-refractivity contribution in [2.75, 3.05) is 44.2 Å². The summed E-state index contributed by atoms with van der Waals surface area (Å²) >= 11 is 6.36. The molecular formula is C25H31ClFN3O2.